The number of nitrogen functional groups attached to an aromatic ring is 1. The molecule has 1 amide bonds. The highest BCUT2D eigenvalue weighted by atomic mass is 35.5. The summed E-state index contributed by atoms with van der Waals surface area (Å²) in [7, 11) is 0. The van der Waals surface area contributed by atoms with Crippen LogP contribution in [-0.2, 0) is 0 Å². The third kappa shape index (κ3) is 2.85. The van der Waals surface area contributed by atoms with Crippen LogP contribution in [0.15, 0.2) is 36.4 Å². The highest BCUT2D eigenvalue weighted by Gasteiger charge is 2.13. The summed E-state index contributed by atoms with van der Waals surface area (Å²) >= 11 is 5.84. The Hall–Kier alpha value is -2.07. The molecule has 0 fully saturated rings. The lowest BCUT2D eigenvalue weighted by Crippen LogP contribution is -2.15. The van der Waals surface area contributed by atoms with Crippen LogP contribution in [0.4, 0.5) is 15.8 Å². The Kier molecular flexibility index (Phi) is 3.71. The van der Waals surface area contributed by atoms with Gasteiger partial charge in [-0.05, 0) is 36.8 Å². The Labute approximate surface area is 115 Å². The number of anilines is 2. The number of carbonyl (C=O) groups excluding carboxylic acids is 1. The number of rotatable bonds is 2. The van der Waals surface area contributed by atoms with Crippen LogP contribution >= 0.6 is 11.6 Å². The van der Waals surface area contributed by atoms with Crippen molar-refractivity contribution in [2.45, 2.75) is 6.92 Å². The fourth-order valence-electron chi connectivity index (χ4n) is 1.66. The first kappa shape index (κ1) is 13.4. The van der Waals surface area contributed by atoms with Gasteiger partial charge in [-0.3, -0.25) is 4.79 Å². The summed E-state index contributed by atoms with van der Waals surface area (Å²) in [4.78, 5) is 12.0. The zero-order valence-corrected chi connectivity index (χ0v) is 11.0. The second-order valence-electron chi connectivity index (χ2n) is 4.14. The van der Waals surface area contributed by atoms with Gasteiger partial charge in [0.15, 0.2) is 0 Å². The number of carbonyl (C=O) groups is 1. The number of aryl methyl sites for hydroxylation is 1. The van der Waals surface area contributed by atoms with Crippen LogP contribution < -0.4 is 11.1 Å². The Balaban J connectivity index is 2.31. The highest BCUT2D eigenvalue weighted by Crippen LogP contribution is 2.24. The van der Waals surface area contributed by atoms with Gasteiger partial charge >= 0.3 is 0 Å². The smallest absolute Gasteiger partial charge is 0.257 e. The molecule has 0 radical (unpaired) electrons. The van der Waals surface area contributed by atoms with Gasteiger partial charge in [0, 0.05) is 0 Å². The van der Waals surface area contributed by atoms with Crippen LogP contribution in [0.5, 0.6) is 0 Å². The standard InChI is InChI=1S/C14H12ClFN2O/c1-8-5-6-11(16)12(7-8)18-14(19)9-3-2-4-10(15)13(9)17/h2-7H,17H2,1H3,(H,18,19). The van der Waals surface area contributed by atoms with Gasteiger partial charge in [0.05, 0.1) is 22.0 Å². The zero-order chi connectivity index (χ0) is 14.0. The van der Waals surface area contributed by atoms with Crippen molar-refractivity contribution in [1.29, 1.82) is 0 Å². The minimum atomic E-state index is -0.500. The lowest BCUT2D eigenvalue weighted by Gasteiger charge is -2.09. The van der Waals surface area contributed by atoms with Crippen molar-refractivity contribution in [3.8, 4) is 0 Å². The van der Waals surface area contributed by atoms with Crippen molar-refractivity contribution in [2.75, 3.05) is 11.1 Å². The fourth-order valence-corrected chi connectivity index (χ4v) is 1.83. The fraction of sp³-hybridized carbons (Fsp3) is 0.0714. The monoisotopic (exact) mass is 278 g/mol. The van der Waals surface area contributed by atoms with Crippen LogP contribution in [0.1, 0.15) is 15.9 Å². The molecule has 2 rings (SSSR count). The maximum atomic E-state index is 13.6. The minimum absolute atomic E-state index is 0.115. The van der Waals surface area contributed by atoms with Crippen molar-refractivity contribution >= 4 is 28.9 Å². The molecule has 5 heteroatoms. The molecule has 0 unspecified atom stereocenters. The molecule has 0 aliphatic heterocycles. The van der Waals surface area contributed by atoms with E-state index in [2.05, 4.69) is 5.32 Å². The molecule has 0 aromatic heterocycles. The van der Waals surface area contributed by atoms with E-state index >= 15 is 0 Å². The molecule has 0 bridgehead atoms. The molecule has 2 aromatic rings. The lowest BCUT2D eigenvalue weighted by atomic mass is 10.1. The van der Waals surface area contributed by atoms with Gasteiger partial charge in [0.1, 0.15) is 5.82 Å². The Morgan fingerprint density at radius 3 is 2.79 bits per heavy atom. The summed E-state index contributed by atoms with van der Waals surface area (Å²) in [6, 6.07) is 9.20. The molecule has 19 heavy (non-hydrogen) atoms. The summed E-state index contributed by atoms with van der Waals surface area (Å²) in [5.74, 6) is -0.996. The lowest BCUT2D eigenvalue weighted by molar-refractivity contribution is 0.102. The predicted molar refractivity (Wildman–Crippen MR) is 75.0 cm³/mol. The Morgan fingerprint density at radius 1 is 1.32 bits per heavy atom. The van der Waals surface area contributed by atoms with Gasteiger partial charge in [0.2, 0.25) is 0 Å². The molecule has 0 aliphatic rings. The molecule has 0 heterocycles. The van der Waals surface area contributed by atoms with Gasteiger partial charge < -0.3 is 11.1 Å². The second kappa shape index (κ2) is 5.28. The van der Waals surface area contributed by atoms with Gasteiger partial charge in [0.25, 0.3) is 5.91 Å². The van der Waals surface area contributed by atoms with E-state index in [1.165, 1.54) is 12.1 Å². The van der Waals surface area contributed by atoms with Gasteiger partial charge in [-0.2, -0.15) is 0 Å². The van der Waals surface area contributed by atoms with Crippen molar-refractivity contribution in [1.82, 2.24) is 0 Å². The molecule has 0 saturated heterocycles. The molecule has 0 atom stereocenters. The van der Waals surface area contributed by atoms with Crippen molar-refractivity contribution in [3.63, 3.8) is 0 Å². The molecule has 0 aliphatic carbocycles. The third-order valence-corrected chi connectivity index (χ3v) is 3.00. The van der Waals surface area contributed by atoms with Crippen LogP contribution in [0.25, 0.3) is 0 Å². The van der Waals surface area contributed by atoms with E-state index in [9.17, 15) is 9.18 Å². The highest BCUT2D eigenvalue weighted by molar-refractivity contribution is 6.34. The topological polar surface area (TPSA) is 55.1 Å². The molecule has 0 saturated carbocycles. The molecular formula is C14H12ClFN2O. The van der Waals surface area contributed by atoms with Crippen molar-refractivity contribution < 1.29 is 9.18 Å². The summed E-state index contributed by atoms with van der Waals surface area (Å²) in [6.07, 6.45) is 0. The molecule has 3 nitrogen and oxygen atoms in total. The SMILES string of the molecule is Cc1ccc(F)c(NC(=O)c2cccc(Cl)c2N)c1. The number of hydrogen-bond acceptors (Lipinski definition) is 2. The Morgan fingerprint density at radius 2 is 2.05 bits per heavy atom. The number of para-hydroxylation sites is 1. The van der Waals surface area contributed by atoms with Crippen LogP contribution in [0.2, 0.25) is 5.02 Å². The number of nitrogens with two attached hydrogens (primary N) is 1. The van der Waals surface area contributed by atoms with E-state index in [1.807, 2.05) is 6.92 Å². The maximum Gasteiger partial charge on any atom is 0.257 e. The summed E-state index contributed by atoms with van der Waals surface area (Å²) in [5.41, 5.74) is 7.07. The van der Waals surface area contributed by atoms with Crippen LogP contribution in [0, 0.1) is 12.7 Å². The van der Waals surface area contributed by atoms with E-state index in [0.29, 0.717) is 0 Å². The van der Waals surface area contributed by atoms with E-state index in [-0.39, 0.29) is 22.0 Å². The van der Waals surface area contributed by atoms with Crippen molar-refractivity contribution in [2.24, 2.45) is 0 Å². The van der Waals surface area contributed by atoms with E-state index in [1.54, 1.807) is 24.3 Å². The molecular weight excluding hydrogens is 267 g/mol. The van der Waals surface area contributed by atoms with Crippen LogP contribution in [0.3, 0.4) is 0 Å². The zero-order valence-electron chi connectivity index (χ0n) is 10.2. The first-order valence-corrected chi connectivity index (χ1v) is 5.98. The van der Waals surface area contributed by atoms with Crippen LogP contribution in [-0.4, -0.2) is 5.91 Å². The summed E-state index contributed by atoms with van der Waals surface area (Å²) < 4.78 is 13.6. The summed E-state index contributed by atoms with van der Waals surface area (Å²) in [6.45, 7) is 1.81. The van der Waals surface area contributed by atoms with E-state index < -0.39 is 11.7 Å². The molecule has 3 N–H and O–H groups in total. The minimum Gasteiger partial charge on any atom is -0.397 e. The third-order valence-electron chi connectivity index (χ3n) is 2.67. The first-order valence-electron chi connectivity index (χ1n) is 5.60. The van der Waals surface area contributed by atoms with Gasteiger partial charge in [-0.1, -0.05) is 23.7 Å². The van der Waals surface area contributed by atoms with E-state index in [0.717, 1.165) is 5.56 Å². The maximum absolute atomic E-state index is 13.6. The van der Waals surface area contributed by atoms with Gasteiger partial charge in [-0.25, -0.2) is 4.39 Å². The number of hydrogen-bond donors (Lipinski definition) is 2. The molecule has 98 valence electrons. The number of nitrogens with one attached hydrogen (secondary N) is 1. The average molecular weight is 279 g/mol. The normalized spacial score (nSPS) is 10.3. The average Bonchev–Trinajstić information content (AvgIpc) is 2.37. The molecule has 2 aromatic carbocycles. The Bertz CT molecular complexity index is 643. The second-order valence-corrected chi connectivity index (χ2v) is 4.55. The largest absolute Gasteiger partial charge is 0.397 e. The number of amides is 1. The van der Waals surface area contributed by atoms with Crippen molar-refractivity contribution in [3.05, 3.63) is 58.4 Å². The first-order chi connectivity index (χ1) is 8.99. The number of benzene rings is 2. The van der Waals surface area contributed by atoms with Gasteiger partial charge in [-0.15, -0.1) is 0 Å². The number of halogens is 2. The molecule has 0 spiro atoms. The quantitative estimate of drug-likeness (QED) is 0.824. The predicted octanol–water partition coefficient (Wildman–Crippen LogP) is 3.62. The summed E-state index contributed by atoms with van der Waals surface area (Å²) in [5, 5.41) is 2.77. The van der Waals surface area contributed by atoms with E-state index in [4.69, 9.17) is 17.3 Å².